The summed E-state index contributed by atoms with van der Waals surface area (Å²) in [6.45, 7) is 6.64. The lowest BCUT2D eigenvalue weighted by atomic mass is 9.73. The summed E-state index contributed by atoms with van der Waals surface area (Å²) >= 11 is 0. The minimum Gasteiger partial charge on any atom is -0.496 e. The molecule has 0 bridgehead atoms. The van der Waals surface area contributed by atoms with Crippen LogP contribution in [0.4, 0.5) is 13.2 Å². The number of amides is 1. The molecule has 1 saturated heterocycles. The number of pyridine rings is 1. The molecule has 0 unspecified atom stereocenters. The summed E-state index contributed by atoms with van der Waals surface area (Å²) in [4.78, 5) is 34.7. The summed E-state index contributed by atoms with van der Waals surface area (Å²) in [5, 5.41) is 0. The Balaban J connectivity index is 1.25. The molecule has 0 spiro atoms. The highest BCUT2D eigenvalue weighted by atomic mass is 19.4. The molecule has 1 amide bonds. The number of nitrogens with zero attached hydrogens (tertiary/aromatic N) is 3. The predicted octanol–water partition coefficient (Wildman–Crippen LogP) is 5.85. The molecule has 3 aliphatic rings. The van der Waals surface area contributed by atoms with Gasteiger partial charge in [-0.05, 0) is 86.4 Å². The molecule has 42 heavy (non-hydrogen) atoms. The van der Waals surface area contributed by atoms with Crippen molar-refractivity contribution in [2.24, 2.45) is 11.3 Å². The van der Waals surface area contributed by atoms with E-state index in [4.69, 9.17) is 9.47 Å². The van der Waals surface area contributed by atoms with Crippen LogP contribution in [-0.4, -0.2) is 66.6 Å². The molecular weight excluding hydrogens is 547 g/mol. The lowest BCUT2D eigenvalue weighted by Crippen LogP contribution is -2.49. The monoisotopic (exact) mass is 587 g/mol. The van der Waals surface area contributed by atoms with Crippen LogP contribution in [0, 0.1) is 11.3 Å². The van der Waals surface area contributed by atoms with Crippen LogP contribution < -0.4 is 4.74 Å². The predicted molar refractivity (Wildman–Crippen MR) is 151 cm³/mol. The molecule has 0 N–H and O–H groups in total. The van der Waals surface area contributed by atoms with Crippen molar-refractivity contribution < 1.29 is 32.2 Å². The Morgan fingerprint density at radius 3 is 2.45 bits per heavy atom. The third-order valence-electron chi connectivity index (χ3n) is 9.85. The average Bonchev–Trinajstić information content (AvgIpc) is 3.46. The van der Waals surface area contributed by atoms with Gasteiger partial charge in [0.25, 0.3) is 0 Å². The van der Waals surface area contributed by atoms with Gasteiger partial charge in [0, 0.05) is 37.4 Å². The van der Waals surface area contributed by atoms with E-state index in [0.717, 1.165) is 63.0 Å². The van der Waals surface area contributed by atoms with Crippen molar-refractivity contribution in [3.8, 4) is 5.75 Å². The van der Waals surface area contributed by atoms with Crippen molar-refractivity contribution in [2.75, 3.05) is 33.9 Å². The van der Waals surface area contributed by atoms with Crippen molar-refractivity contribution in [3.63, 3.8) is 0 Å². The molecule has 2 fully saturated rings. The van der Waals surface area contributed by atoms with Gasteiger partial charge >= 0.3 is 12.1 Å². The van der Waals surface area contributed by atoms with Crippen LogP contribution >= 0.6 is 0 Å². The number of methoxy groups -OCH3 is 2. The Morgan fingerprint density at radius 2 is 1.81 bits per heavy atom. The average molecular weight is 588 g/mol. The number of alkyl halides is 3. The number of piperidine rings is 1. The summed E-state index contributed by atoms with van der Waals surface area (Å²) in [5.41, 5.74) is 1.38. The van der Waals surface area contributed by atoms with E-state index in [1.165, 1.54) is 14.2 Å². The molecule has 1 aromatic heterocycles. The third kappa shape index (κ3) is 5.74. The number of aromatic nitrogens is 1. The standard InChI is InChI=1S/C32H40F3N3O4/c1-20(2)31(30(40)38-14-10-27-23(19-38)15-24(18-36-27)32(33,34)35)11-7-25(17-31)37-12-8-21(9-13-37)22-5-6-28(41-3)26(16-22)29(39)42-4/h5-6,15-16,18,20-21,25H,7-14,17,19H2,1-4H3/t25-,31+/m1/s1. The Morgan fingerprint density at radius 1 is 1.07 bits per heavy atom. The number of halogens is 3. The maximum absolute atomic E-state index is 14.1. The van der Waals surface area contributed by atoms with Gasteiger partial charge in [-0.15, -0.1) is 0 Å². The van der Waals surface area contributed by atoms with Gasteiger partial charge in [0.1, 0.15) is 11.3 Å². The number of likely N-dealkylation sites (tertiary alicyclic amines) is 1. The van der Waals surface area contributed by atoms with Gasteiger partial charge in [-0.1, -0.05) is 19.9 Å². The molecule has 0 radical (unpaired) electrons. The lowest BCUT2D eigenvalue weighted by Gasteiger charge is -2.41. The number of rotatable bonds is 6. The second-order valence-electron chi connectivity index (χ2n) is 12.3. The number of esters is 1. The normalized spacial score (nSPS) is 23.6. The minimum atomic E-state index is -4.46. The van der Waals surface area contributed by atoms with Gasteiger partial charge in [-0.25, -0.2) is 4.79 Å². The summed E-state index contributed by atoms with van der Waals surface area (Å²) < 4.78 is 50.2. The highest BCUT2D eigenvalue weighted by Crippen LogP contribution is 2.49. The van der Waals surface area contributed by atoms with Crippen LogP contribution in [0.5, 0.6) is 5.75 Å². The maximum Gasteiger partial charge on any atom is 0.417 e. The first-order valence-electron chi connectivity index (χ1n) is 14.8. The molecule has 2 atom stereocenters. The molecular formula is C32H40F3N3O4. The molecule has 3 heterocycles. The van der Waals surface area contributed by atoms with Gasteiger partial charge in [-0.2, -0.15) is 13.2 Å². The van der Waals surface area contributed by atoms with Crippen LogP contribution in [0.15, 0.2) is 30.5 Å². The molecule has 7 nitrogen and oxygen atoms in total. The van der Waals surface area contributed by atoms with Gasteiger partial charge in [-0.3, -0.25) is 9.78 Å². The topological polar surface area (TPSA) is 72.0 Å². The first-order chi connectivity index (χ1) is 20.0. The van der Waals surface area contributed by atoms with Crippen LogP contribution in [0.1, 0.15) is 84.6 Å². The van der Waals surface area contributed by atoms with Gasteiger partial charge in [0.15, 0.2) is 0 Å². The highest BCUT2D eigenvalue weighted by Gasteiger charge is 2.51. The van der Waals surface area contributed by atoms with E-state index in [9.17, 15) is 22.8 Å². The van der Waals surface area contributed by atoms with Crippen LogP contribution in [-0.2, 0) is 28.7 Å². The summed E-state index contributed by atoms with van der Waals surface area (Å²) in [6, 6.07) is 7.17. The van der Waals surface area contributed by atoms with Crippen molar-refractivity contribution in [3.05, 3.63) is 58.4 Å². The first-order valence-corrected chi connectivity index (χ1v) is 14.8. The van der Waals surface area contributed by atoms with E-state index in [1.807, 2.05) is 18.2 Å². The van der Waals surface area contributed by atoms with Crippen molar-refractivity contribution >= 4 is 11.9 Å². The minimum absolute atomic E-state index is 0.0616. The number of hydrogen-bond donors (Lipinski definition) is 0. The third-order valence-corrected chi connectivity index (χ3v) is 9.85. The fraction of sp³-hybridized carbons (Fsp3) is 0.594. The summed E-state index contributed by atoms with van der Waals surface area (Å²) in [7, 11) is 2.90. The number of carbonyl (C=O) groups excluding carboxylic acids is 2. The molecule has 2 aliphatic heterocycles. The number of benzene rings is 1. The zero-order valence-corrected chi connectivity index (χ0v) is 24.8. The quantitative estimate of drug-likeness (QED) is 0.395. The molecule has 5 rings (SSSR count). The number of fused-ring (bicyclic) bond motifs is 1. The van der Waals surface area contributed by atoms with E-state index in [0.29, 0.717) is 41.5 Å². The summed E-state index contributed by atoms with van der Waals surface area (Å²) in [5.74, 6) is 0.576. The van der Waals surface area contributed by atoms with Gasteiger partial charge in [0.2, 0.25) is 5.91 Å². The first kappa shape index (κ1) is 30.3. The lowest BCUT2D eigenvalue weighted by molar-refractivity contribution is -0.146. The molecule has 10 heteroatoms. The highest BCUT2D eigenvalue weighted by molar-refractivity contribution is 5.92. The second-order valence-corrected chi connectivity index (χ2v) is 12.3. The number of carbonyl (C=O) groups is 2. The largest absolute Gasteiger partial charge is 0.496 e. The van der Waals surface area contributed by atoms with E-state index in [2.05, 4.69) is 23.7 Å². The van der Waals surface area contributed by atoms with E-state index in [-0.39, 0.29) is 24.4 Å². The molecule has 228 valence electrons. The molecule has 1 aliphatic carbocycles. The van der Waals surface area contributed by atoms with Crippen molar-refractivity contribution in [2.45, 2.75) is 77.1 Å². The zero-order valence-electron chi connectivity index (χ0n) is 24.8. The molecule has 1 saturated carbocycles. The Bertz CT molecular complexity index is 1320. The fourth-order valence-corrected chi connectivity index (χ4v) is 7.24. The number of ether oxygens (including phenoxy) is 2. The van der Waals surface area contributed by atoms with Crippen molar-refractivity contribution in [1.82, 2.24) is 14.8 Å². The number of hydrogen-bond acceptors (Lipinski definition) is 6. The molecule has 2 aromatic rings. The van der Waals surface area contributed by atoms with Crippen LogP contribution in [0.2, 0.25) is 0 Å². The van der Waals surface area contributed by atoms with E-state index < -0.39 is 23.1 Å². The maximum atomic E-state index is 14.1. The van der Waals surface area contributed by atoms with Crippen LogP contribution in [0.3, 0.4) is 0 Å². The van der Waals surface area contributed by atoms with Gasteiger partial charge < -0.3 is 19.3 Å². The Kier molecular flexibility index (Phi) is 8.56. The smallest absolute Gasteiger partial charge is 0.417 e. The van der Waals surface area contributed by atoms with Crippen LogP contribution in [0.25, 0.3) is 0 Å². The van der Waals surface area contributed by atoms with E-state index in [1.54, 1.807) is 4.90 Å². The summed E-state index contributed by atoms with van der Waals surface area (Å²) in [6.07, 6.45) is 1.25. The van der Waals surface area contributed by atoms with E-state index >= 15 is 0 Å². The Hall–Kier alpha value is -3.14. The fourth-order valence-electron chi connectivity index (χ4n) is 7.24. The molecule has 1 aromatic carbocycles. The Labute approximate surface area is 245 Å². The zero-order chi connectivity index (χ0) is 30.2. The van der Waals surface area contributed by atoms with Crippen molar-refractivity contribution in [1.29, 1.82) is 0 Å². The van der Waals surface area contributed by atoms with Gasteiger partial charge in [0.05, 0.1) is 25.2 Å². The SMILES string of the molecule is COC(=O)c1cc(C2CCN([C@@H]3CC[C@@](C(=O)N4CCc5ncc(C(F)(F)F)cc5C4)(C(C)C)C3)CC2)ccc1OC. The second kappa shape index (κ2) is 11.9.